The van der Waals surface area contributed by atoms with Crippen molar-refractivity contribution in [2.75, 3.05) is 16.8 Å². The van der Waals surface area contributed by atoms with Crippen LogP contribution in [-0.2, 0) is 10.8 Å². The number of rotatable bonds is 10. The third-order valence-corrected chi connectivity index (χ3v) is 15.2. The molecule has 0 aromatic heterocycles. The lowest BCUT2D eigenvalue weighted by molar-refractivity contribution is 0.759. The highest BCUT2D eigenvalue weighted by Crippen LogP contribution is 2.63. The molecule has 0 spiro atoms. The summed E-state index contributed by atoms with van der Waals surface area (Å²) in [5, 5.41) is 0. The molecule has 0 fully saturated rings. The van der Waals surface area contributed by atoms with Gasteiger partial charge in [-0.15, -0.1) is 0 Å². The van der Waals surface area contributed by atoms with Crippen molar-refractivity contribution in [2.45, 2.75) is 191 Å². The van der Waals surface area contributed by atoms with Gasteiger partial charge in [0.1, 0.15) is 0 Å². The molecule has 0 unspecified atom stereocenters. The van der Waals surface area contributed by atoms with Crippen LogP contribution >= 0.6 is 0 Å². The molecule has 2 nitrogen and oxygen atoms in total. The summed E-state index contributed by atoms with van der Waals surface area (Å²) in [5.41, 5.74) is 21.7. The molecule has 2 heteroatoms. The van der Waals surface area contributed by atoms with Gasteiger partial charge in [0.25, 0.3) is 0 Å². The van der Waals surface area contributed by atoms with Crippen LogP contribution in [0.5, 0.6) is 0 Å². The first-order valence-electron chi connectivity index (χ1n) is 37.6. The highest BCUT2D eigenvalue weighted by molar-refractivity contribution is 5.97. The maximum Gasteiger partial charge on any atom is 0.0714 e. The van der Waals surface area contributed by atoms with Crippen molar-refractivity contribution in [3.8, 4) is 33.4 Å². The van der Waals surface area contributed by atoms with Crippen molar-refractivity contribution in [2.24, 2.45) is 0 Å². The predicted molar refractivity (Wildman–Crippen MR) is 443 cm³/mol. The van der Waals surface area contributed by atoms with Gasteiger partial charge in [-0.05, 0) is 139 Å². The van der Waals surface area contributed by atoms with Crippen LogP contribution in [0, 0.1) is 0 Å². The monoisotopic (exact) mass is 1300 g/mol. The molecule has 2 aliphatic rings. The van der Waals surface area contributed by atoms with Gasteiger partial charge in [0.2, 0.25) is 0 Å². The van der Waals surface area contributed by atoms with Gasteiger partial charge in [-0.25, -0.2) is 0 Å². The molecule has 0 bridgehead atoms. The molecule has 0 atom stereocenters. The Morgan fingerprint density at radius 1 is 0.196 bits per heavy atom. The van der Waals surface area contributed by atoms with Gasteiger partial charge < -0.3 is 9.80 Å². The molecule has 13 rings (SSSR count). The fourth-order valence-electron chi connectivity index (χ4n) is 12.1. The maximum atomic E-state index is 2.58. The topological polar surface area (TPSA) is 6.48 Å². The van der Waals surface area contributed by atoms with Gasteiger partial charge >= 0.3 is 0 Å². The van der Waals surface area contributed by atoms with Crippen LogP contribution in [0.25, 0.3) is 33.4 Å². The third kappa shape index (κ3) is 19.4. The normalized spacial score (nSPS) is 10.6. The Morgan fingerprint density at radius 3 is 0.794 bits per heavy atom. The number of anilines is 5. The van der Waals surface area contributed by atoms with Gasteiger partial charge in [-0.1, -0.05) is 398 Å². The average molecular weight is 1300 g/mol. The van der Waals surface area contributed by atoms with E-state index < -0.39 is 10.8 Å². The molecular weight excluding hydrogens is 1170 g/mol. The summed E-state index contributed by atoms with van der Waals surface area (Å²) in [7, 11) is 2.18. The largest absolute Gasteiger partial charge is 0.345 e. The zero-order valence-corrected chi connectivity index (χ0v) is 65.5. The zero-order chi connectivity index (χ0) is 73.4. The molecule has 11 aromatic rings. The highest BCUT2D eigenvalue weighted by atomic mass is 15.1. The van der Waals surface area contributed by atoms with E-state index in [9.17, 15) is 0 Å². The highest BCUT2D eigenvalue weighted by Gasteiger charge is 2.52. The van der Waals surface area contributed by atoms with E-state index in [1.54, 1.807) is 0 Å². The lowest BCUT2D eigenvalue weighted by Gasteiger charge is -2.36. The van der Waals surface area contributed by atoms with Crippen molar-refractivity contribution in [3.05, 3.63) is 330 Å². The standard InChI is InChI=1S/C69H50N2.13C2H6/c1-70(54-35-19-7-20-36-54)56-41-43-59-61-47-66-62(48-65(61)68(63(59)45-56,50-27-11-3-12-28-50)51-29-13-4-14-30-51)60-44-42-57(46-64(60)69(66,52-31-15-5-16-32-52)53-33-17-6-18-34-53)71(55-37-21-8-22-38-55)67-40-24-23-39-58(67)49-25-9-2-10-26-49;13*1-2/h2-48H,1H3;13*1-2H3. The number of fused-ring (bicyclic) bond motifs is 6. The molecule has 518 valence electrons. The van der Waals surface area contributed by atoms with Crippen molar-refractivity contribution in [1.29, 1.82) is 0 Å². The Balaban J connectivity index is 0.00000320. The molecule has 11 aromatic carbocycles. The Morgan fingerprint density at radius 2 is 0.454 bits per heavy atom. The van der Waals surface area contributed by atoms with Gasteiger partial charge in [-0.2, -0.15) is 0 Å². The van der Waals surface area contributed by atoms with Crippen LogP contribution in [0.2, 0.25) is 0 Å². The van der Waals surface area contributed by atoms with Crippen LogP contribution in [0.15, 0.2) is 285 Å². The minimum atomic E-state index is -0.669. The minimum absolute atomic E-state index is 0.619. The second-order valence-electron chi connectivity index (χ2n) is 18.8. The Bertz CT molecular complexity index is 3610. The molecule has 0 amide bonds. The zero-order valence-electron chi connectivity index (χ0n) is 65.5. The molecule has 0 heterocycles. The number of hydrogen-bond donors (Lipinski definition) is 0. The molecule has 0 radical (unpaired) electrons. The van der Waals surface area contributed by atoms with E-state index in [2.05, 4.69) is 302 Å². The fraction of sp³-hybridized carbons (Fsp3) is 0.305. The summed E-state index contributed by atoms with van der Waals surface area (Å²) in [6.07, 6.45) is 0. The van der Waals surface area contributed by atoms with Crippen LogP contribution in [-0.4, -0.2) is 7.05 Å². The minimum Gasteiger partial charge on any atom is -0.345 e. The number of benzene rings is 11. The van der Waals surface area contributed by atoms with Gasteiger partial charge in [0.15, 0.2) is 0 Å². The summed E-state index contributed by atoms with van der Waals surface area (Å²) in [6, 6.07) is 106. The molecule has 0 saturated carbocycles. The SMILES string of the molecule is CC.CC.CC.CC.CC.CC.CC.CC.CC.CC.CC.CC.CC.CN(c1ccccc1)c1ccc2c(c1)C(c1ccccc1)(c1ccccc1)c1cc3c(cc1-2)C(c1ccccc1)(c1ccccc1)c1cc(N(c2ccccc2)c2ccccc2-c2ccccc2)ccc1-3. The molecule has 0 aliphatic heterocycles. The second-order valence-corrected chi connectivity index (χ2v) is 18.8. The van der Waals surface area contributed by atoms with E-state index in [1.807, 2.05) is 180 Å². The van der Waals surface area contributed by atoms with E-state index in [0.29, 0.717) is 0 Å². The van der Waals surface area contributed by atoms with Crippen molar-refractivity contribution in [1.82, 2.24) is 0 Å². The van der Waals surface area contributed by atoms with E-state index in [1.165, 1.54) is 77.9 Å². The van der Waals surface area contributed by atoms with Gasteiger partial charge in [0.05, 0.1) is 16.5 Å². The fourth-order valence-corrected chi connectivity index (χ4v) is 12.1. The summed E-state index contributed by atoms with van der Waals surface area (Å²) >= 11 is 0. The first-order valence-corrected chi connectivity index (χ1v) is 37.6. The first-order chi connectivity index (χ1) is 48.2. The molecule has 0 N–H and O–H groups in total. The average Bonchev–Trinajstić information content (AvgIpc) is 1.52. The van der Waals surface area contributed by atoms with E-state index in [4.69, 9.17) is 0 Å². The Labute approximate surface area is 595 Å². The second kappa shape index (κ2) is 50.4. The van der Waals surface area contributed by atoms with E-state index in [0.717, 1.165) is 28.4 Å². The summed E-state index contributed by atoms with van der Waals surface area (Å²) in [6.45, 7) is 52.0. The number of nitrogens with zero attached hydrogens (tertiary/aromatic N) is 2. The summed E-state index contributed by atoms with van der Waals surface area (Å²) < 4.78 is 0. The van der Waals surface area contributed by atoms with Gasteiger partial charge in [0, 0.05) is 35.4 Å². The van der Waals surface area contributed by atoms with Gasteiger partial charge in [-0.3, -0.25) is 0 Å². The number of hydrogen-bond acceptors (Lipinski definition) is 2. The van der Waals surface area contributed by atoms with E-state index in [-0.39, 0.29) is 0 Å². The quantitative estimate of drug-likeness (QED) is 0.135. The Hall–Kier alpha value is -8.98. The number of para-hydroxylation sites is 3. The third-order valence-electron chi connectivity index (χ3n) is 15.2. The molecule has 97 heavy (non-hydrogen) atoms. The smallest absolute Gasteiger partial charge is 0.0714 e. The molecular formula is C95H128N2. The van der Waals surface area contributed by atoms with Crippen LogP contribution in [0.1, 0.15) is 225 Å². The molecule has 0 saturated heterocycles. The van der Waals surface area contributed by atoms with E-state index >= 15 is 0 Å². The lowest BCUT2D eigenvalue weighted by atomic mass is 9.66. The maximum absolute atomic E-state index is 2.58. The Kier molecular flexibility index (Phi) is 45.7. The van der Waals surface area contributed by atoms with Crippen molar-refractivity contribution >= 4 is 28.4 Å². The van der Waals surface area contributed by atoms with Crippen molar-refractivity contribution in [3.63, 3.8) is 0 Å². The summed E-state index contributed by atoms with van der Waals surface area (Å²) in [5.74, 6) is 0. The summed E-state index contributed by atoms with van der Waals surface area (Å²) in [4.78, 5) is 4.76. The predicted octanol–water partition coefficient (Wildman–Crippen LogP) is 30.7. The van der Waals surface area contributed by atoms with Crippen LogP contribution in [0.3, 0.4) is 0 Å². The lowest BCUT2D eigenvalue weighted by Crippen LogP contribution is -2.30. The first kappa shape index (κ1) is 88.0. The van der Waals surface area contributed by atoms with Crippen molar-refractivity contribution < 1.29 is 0 Å². The van der Waals surface area contributed by atoms with Crippen LogP contribution < -0.4 is 9.80 Å². The van der Waals surface area contributed by atoms with Crippen LogP contribution in [0.4, 0.5) is 28.4 Å². The molecule has 2 aliphatic carbocycles.